The molecule has 1 amide bonds. The lowest BCUT2D eigenvalue weighted by Gasteiger charge is -2.27. The average molecular weight is 428 g/mol. The predicted molar refractivity (Wildman–Crippen MR) is 117 cm³/mol. The highest BCUT2D eigenvalue weighted by Gasteiger charge is 2.28. The molecule has 3 aromatic rings. The minimum Gasteiger partial charge on any atom is -0.397 e. The molecule has 29 heavy (non-hydrogen) atoms. The van der Waals surface area contributed by atoms with Gasteiger partial charge in [0, 0.05) is 23.0 Å². The third-order valence-electron chi connectivity index (χ3n) is 4.77. The smallest absolute Gasteiger partial charge is 0.327 e. The molecule has 0 atom stereocenters. The average Bonchev–Trinajstić information content (AvgIpc) is 3.25. The van der Waals surface area contributed by atoms with Gasteiger partial charge in [0.1, 0.15) is 0 Å². The second kappa shape index (κ2) is 8.13. The molecule has 0 radical (unpaired) electrons. The number of carbonyl (C=O) groups is 1. The molecular formula is C21H21N2O4PS. The van der Waals surface area contributed by atoms with Gasteiger partial charge in [0.05, 0.1) is 24.6 Å². The molecule has 0 bridgehead atoms. The molecule has 1 aliphatic heterocycles. The number of nitrogens with one attached hydrogen (secondary N) is 1. The zero-order valence-corrected chi connectivity index (χ0v) is 17.5. The van der Waals surface area contributed by atoms with Crippen molar-refractivity contribution in [3.8, 4) is 10.4 Å². The van der Waals surface area contributed by atoms with Crippen LogP contribution in [0.2, 0.25) is 0 Å². The van der Waals surface area contributed by atoms with E-state index in [2.05, 4.69) is 5.32 Å². The van der Waals surface area contributed by atoms with Crippen molar-refractivity contribution >= 4 is 36.2 Å². The zero-order valence-electron chi connectivity index (χ0n) is 15.8. The van der Waals surface area contributed by atoms with E-state index in [4.69, 9.17) is 14.8 Å². The van der Waals surface area contributed by atoms with E-state index < -0.39 is 7.60 Å². The summed E-state index contributed by atoms with van der Waals surface area (Å²) in [6.45, 7) is 2.15. The van der Waals surface area contributed by atoms with E-state index in [1.807, 2.05) is 41.8 Å². The summed E-state index contributed by atoms with van der Waals surface area (Å²) < 4.78 is 22.3. The van der Waals surface area contributed by atoms with Gasteiger partial charge in [0.2, 0.25) is 0 Å². The number of rotatable bonds is 4. The van der Waals surface area contributed by atoms with Crippen molar-refractivity contribution in [1.29, 1.82) is 0 Å². The van der Waals surface area contributed by atoms with Crippen molar-refractivity contribution in [3.05, 3.63) is 71.1 Å². The molecule has 0 spiro atoms. The Labute approximate surface area is 173 Å². The normalized spacial score (nSPS) is 21.6. The summed E-state index contributed by atoms with van der Waals surface area (Å²) >= 11 is 1.63. The molecule has 3 N–H and O–H groups in total. The van der Waals surface area contributed by atoms with Gasteiger partial charge in [-0.2, -0.15) is 0 Å². The van der Waals surface area contributed by atoms with Gasteiger partial charge in [0.25, 0.3) is 5.91 Å². The van der Waals surface area contributed by atoms with E-state index in [1.54, 1.807) is 29.5 Å². The fourth-order valence-electron chi connectivity index (χ4n) is 3.09. The Morgan fingerprint density at radius 3 is 2.52 bits per heavy atom. The maximum Gasteiger partial charge on any atom is 0.327 e. The Hall–Kier alpha value is -2.44. The van der Waals surface area contributed by atoms with Crippen LogP contribution in [-0.4, -0.2) is 25.8 Å². The molecule has 150 valence electrons. The molecule has 6 nitrogen and oxygen atoms in total. The first-order valence-electron chi connectivity index (χ1n) is 9.12. The van der Waals surface area contributed by atoms with Gasteiger partial charge in [-0.15, -0.1) is 11.3 Å². The van der Waals surface area contributed by atoms with E-state index in [0.717, 1.165) is 16.0 Å². The first-order valence-corrected chi connectivity index (χ1v) is 12.0. The third-order valence-corrected chi connectivity index (χ3v) is 6.93. The molecule has 4 rings (SSSR count). The molecule has 2 heterocycles. The minimum absolute atomic E-state index is 0.00717. The monoisotopic (exact) mass is 428 g/mol. The fraction of sp³-hybridized carbons (Fsp3) is 0.190. The second-order valence-corrected chi connectivity index (χ2v) is 9.92. The van der Waals surface area contributed by atoms with Crippen LogP contribution < -0.4 is 11.1 Å². The van der Waals surface area contributed by atoms with Crippen molar-refractivity contribution in [1.82, 2.24) is 0 Å². The number of benzene rings is 2. The van der Waals surface area contributed by atoms with Crippen LogP contribution in [0.1, 0.15) is 21.8 Å². The van der Waals surface area contributed by atoms with Crippen LogP contribution in [0.15, 0.2) is 60.0 Å². The zero-order chi connectivity index (χ0) is 20.4. The van der Waals surface area contributed by atoms with Gasteiger partial charge in [-0.1, -0.05) is 24.3 Å². The molecule has 1 saturated heterocycles. The summed E-state index contributed by atoms with van der Waals surface area (Å²) in [7, 11) is -2.91. The lowest BCUT2D eigenvalue weighted by Crippen LogP contribution is -2.19. The molecule has 8 heteroatoms. The van der Waals surface area contributed by atoms with Crippen LogP contribution in [0, 0.1) is 0 Å². The van der Waals surface area contributed by atoms with Crippen molar-refractivity contribution in [2.24, 2.45) is 0 Å². The summed E-state index contributed by atoms with van der Waals surface area (Å²) in [4.78, 5) is 13.8. The largest absolute Gasteiger partial charge is 0.397 e. The van der Waals surface area contributed by atoms with Crippen molar-refractivity contribution in [2.75, 3.05) is 30.9 Å². The molecule has 1 aliphatic rings. The van der Waals surface area contributed by atoms with Crippen LogP contribution in [0.3, 0.4) is 0 Å². The molecule has 0 saturated carbocycles. The first kappa shape index (κ1) is 19.9. The molecular weight excluding hydrogens is 407 g/mol. The number of amides is 1. The predicted octanol–water partition coefficient (Wildman–Crippen LogP) is 5.20. The van der Waals surface area contributed by atoms with Crippen LogP contribution >= 0.6 is 18.9 Å². The molecule has 1 fully saturated rings. The molecule has 1 aromatic heterocycles. The summed E-state index contributed by atoms with van der Waals surface area (Å²) in [6, 6.07) is 16.9. The molecule has 0 aliphatic carbocycles. The van der Waals surface area contributed by atoms with Gasteiger partial charge >= 0.3 is 7.60 Å². The van der Waals surface area contributed by atoms with Gasteiger partial charge in [0.15, 0.2) is 0 Å². The van der Waals surface area contributed by atoms with Crippen molar-refractivity contribution < 1.29 is 18.4 Å². The Morgan fingerprint density at radius 1 is 1.14 bits per heavy atom. The Bertz CT molecular complexity index is 1050. The highest BCUT2D eigenvalue weighted by atomic mass is 32.1. The summed E-state index contributed by atoms with van der Waals surface area (Å²) in [5.41, 5.74) is 9.64. The van der Waals surface area contributed by atoms with Gasteiger partial charge in [-0.3, -0.25) is 9.36 Å². The highest BCUT2D eigenvalue weighted by Crippen LogP contribution is 2.49. The van der Waals surface area contributed by atoms with Crippen LogP contribution in [0.5, 0.6) is 0 Å². The number of nitrogens with two attached hydrogens (primary N) is 1. The maximum atomic E-state index is 12.7. The van der Waals surface area contributed by atoms with Crippen LogP contribution in [0.4, 0.5) is 11.4 Å². The lowest BCUT2D eigenvalue weighted by atomic mass is 9.99. The minimum atomic E-state index is -2.91. The van der Waals surface area contributed by atoms with Crippen LogP contribution in [-0.2, 0) is 13.6 Å². The number of thiophene rings is 1. The van der Waals surface area contributed by atoms with E-state index >= 15 is 0 Å². The number of hydrogen-bond donors (Lipinski definition) is 2. The highest BCUT2D eigenvalue weighted by molar-refractivity contribution is 7.53. The summed E-state index contributed by atoms with van der Waals surface area (Å²) in [5.74, 6) is -0.243. The van der Waals surface area contributed by atoms with E-state index in [1.165, 1.54) is 6.66 Å². The van der Waals surface area contributed by atoms with Crippen molar-refractivity contribution in [3.63, 3.8) is 0 Å². The number of hydrogen-bond acceptors (Lipinski definition) is 6. The third kappa shape index (κ3) is 4.60. The Morgan fingerprint density at radius 2 is 1.86 bits per heavy atom. The standard InChI is InChI=1S/C21H21N2O4PS/c1-28(25)26-12-17(13-27-28)14-4-6-15(7-5-14)21(24)23-19-11-16(8-9-18(19)22)20-3-2-10-29-20/h2-11,17H,12-13,22H2,1H3,(H,23,24). The number of carbonyl (C=O) groups excluding carboxylic acids is 1. The second-order valence-electron chi connectivity index (χ2n) is 6.92. The Kier molecular flexibility index (Phi) is 5.56. The van der Waals surface area contributed by atoms with Gasteiger partial charge < -0.3 is 20.1 Å². The molecule has 0 unspecified atom stereocenters. The van der Waals surface area contributed by atoms with Gasteiger partial charge in [-0.25, -0.2) is 0 Å². The number of anilines is 2. The topological polar surface area (TPSA) is 90.7 Å². The maximum absolute atomic E-state index is 12.7. The summed E-state index contributed by atoms with van der Waals surface area (Å²) in [5, 5.41) is 4.90. The van der Waals surface area contributed by atoms with E-state index in [9.17, 15) is 9.36 Å². The van der Waals surface area contributed by atoms with E-state index in [0.29, 0.717) is 30.2 Å². The lowest BCUT2D eigenvalue weighted by molar-refractivity contribution is 0.102. The molecule has 2 aromatic carbocycles. The van der Waals surface area contributed by atoms with E-state index in [-0.39, 0.29) is 11.8 Å². The van der Waals surface area contributed by atoms with Crippen LogP contribution in [0.25, 0.3) is 10.4 Å². The summed E-state index contributed by atoms with van der Waals surface area (Å²) in [6.07, 6.45) is 0. The Balaban J connectivity index is 1.47. The number of nitrogen functional groups attached to an aromatic ring is 1. The van der Waals surface area contributed by atoms with Crippen molar-refractivity contribution in [2.45, 2.75) is 5.92 Å². The fourth-order valence-corrected chi connectivity index (χ4v) is 4.79. The first-order chi connectivity index (χ1) is 13.9. The van der Waals surface area contributed by atoms with Gasteiger partial charge in [-0.05, 0) is 46.8 Å². The SMILES string of the molecule is CP1(=O)OCC(c2ccc(C(=O)Nc3cc(-c4cccs4)ccc3N)cc2)CO1. The quantitative estimate of drug-likeness (QED) is 0.440.